The van der Waals surface area contributed by atoms with Crippen LogP contribution in [0.3, 0.4) is 0 Å². The molecule has 1 aliphatic heterocycles. The molecule has 1 aromatic heterocycles. The number of aryl methyl sites for hydroxylation is 1. The number of nitrogens with zero attached hydrogens (tertiary/aromatic N) is 3. The topological polar surface area (TPSA) is 95.3 Å². The normalized spacial score (nSPS) is 14.6. The second-order valence-electron chi connectivity index (χ2n) is 7.00. The largest absolute Gasteiger partial charge is 0.463 e. The van der Waals surface area contributed by atoms with E-state index in [0.29, 0.717) is 28.2 Å². The summed E-state index contributed by atoms with van der Waals surface area (Å²) in [7, 11) is 0. The van der Waals surface area contributed by atoms with E-state index in [9.17, 15) is 9.59 Å². The Bertz CT molecular complexity index is 978. The summed E-state index contributed by atoms with van der Waals surface area (Å²) >= 11 is 0. The molecular weight excluding hydrogens is 384 g/mol. The minimum absolute atomic E-state index is 0.218. The Labute approximate surface area is 175 Å². The summed E-state index contributed by atoms with van der Waals surface area (Å²) in [6, 6.07) is 7.81. The van der Waals surface area contributed by atoms with Crippen LogP contribution in [0.25, 0.3) is 5.69 Å². The zero-order valence-electron chi connectivity index (χ0n) is 17.9. The highest BCUT2D eigenvalue weighted by Gasteiger charge is 2.39. The molecule has 0 amide bonds. The van der Waals surface area contributed by atoms with Crippen molar-refractivity contribution in [1.82, 2.24) is 20.3 Å². The van der Waals surface area contributed by atoms with Gasteiger partial charge < -0.3 is 14.8 Å². The Morgan fingerprint density at radius 1 is 0.967 bits per heavy atom. The number of dihydropyridines is 1. The molecule has 30 heavy (non-hydrogen) atoms. The molecule has 0 fully saturated rings. The number of nitrogens with one attached hydrogen (secondary N) is 1. The van der Waals surface area contributed by atoms with Gasteiger partial charge in [-0.05, 0) is 46.8 Å². The molecule has 158 valence electrons. The number of ether oxygens (including phenoxy) is 2. The van der Waals surface area contributed by atoms with Crippen LogP contribution in [0.5, 0.6) is 0 Å². The first-order valence-electron chi connectivity index (χ1n) is 9.89. The molecule has 2 heterocycles. The van der Waals surface area contributed by atoms with E-state index in [1.165, 1.54) is 0 Å². The highest BCUT2D eigenvalue weighted by molar-refractivity contribution is 5.99. The minimum atomic E-state index is -0.747. The molecular formula is C22H26N4O4. The van der Waals surface area contributed by atoms with E-state index in [1.54, 1.807) is 38.6 Å². The summed E-state index contributed by atoms with van der Waals surface area (Å²) in [4.78, 5) is 25.6. The lowest BCUT2D eigenvalue weighted by Crippen LogP contribution is -2.32. The molecule has 8 heteroatoms. The third kappa shape index (κ3) is 4.12. The van der Waals surface area contributed by atoms with Crippen molar-refractivity contribution < 1.29 is 19.1 Å². The van der Waals surface area contributed by atoms with Gasteiger partial charge >= 0.3 is 11.9 Å². The monoisotopic (exact) mass is 410 g/mol. The Kier molecular flexibility index (Phi) is 6.34. The van der Waals surface area contributed by atoms with Gasteiger partial charge in [0.05, 0.1) is 47.9 Å². The van der Waals surface area contributed by atoms with Crippen LogP contribution >= 0.6 is 0 Å². The standard InChI is InChI=1S/C22H26N4O4/c1-6-29-21(27)18-14(4)23-15(5)19(22(28)30-7-2)20(18)17-12-26(25-24-17)16-10-8-13(3)9-11-16/h8-12,20,23H,6-7H2,1-5H3. The van der Waals surface area contributed by atoms with Crippen molar-refractivity contribution in [3.8, 4) is 5.69 Å². The molecule has 8 nitrogen and oxygen atoms in total. The number of carbonyl (C=O) groups is 2. The van der Waals surface area contributed by atoms with E-state index < -0.39 is 17.9 Å². The lowest BCUT2D eigenvalue weighted by Gasteiger charge is -2.28. The number of allylic oxidation sites excluding steroid dienone is 2. The number of benzene rings is 1. The third-order valence-electron chi connectivity index (χ3n) is 4.86. The molecule has 3 rings (SSSR count). The average Bonchev–Trinajstić information content (AvgIpc) is 3.18. The summed E-state index contributed by atoms with van der Waals surface area (Å²) < 4.78 is 12.1. The Hall–Kier alpha value is -3.42. The lowest BCUT2D eigenvalue weighted by atomic mass is 9.83. The SMILES string of the molecule is CCOC(=O)C1=C(C)NC(C)=C(C(=O)OCC)C1c1cn(-c2ccc(C)cc2)nn1. The molecule has 0 bridgehead atoms. The molecule has 0 spiro atoms. The van der Waals surface area contributed by atoms with Crippen molar-refractivity contribution >= 4 is 11.9 Å². The van der Waals surface area contributed by atoms with Crippen LogP contribution in [0.4, 0.5) is 0 Å². The van der Waals surface area contributed by atoms with Gasteiger partial charge in [0.25, 0.3) is 0 Å². The molecule has 2 aromatic rings. The Balaban J connectivity index is 2.11. The van der Waals surface area contributed by atoms with Crippen molar-refractivity contribution in [2.75, 3.05) is 13.2 Å². The van der Waals surface area contributed by atoms with E-state index in [0.717, 1.165) is 11.3 Å². The Morgan fingerprint density at radius 2 is 1.50 bits per heavy atom. The van der Waals surface area contributed by atoms with Crippen LogP contribution in [-0.2, 0) is 19.1 Å². The Morgan fingerprint density at radius 3 is 2.00 bits per heavy atom. The second-order valence-corrected chi connectivity index (χ2v) is 7.00. The van der Waals surface area contributed by atoms with E-state index in [1.807, 2.05) is 31.2 Å². The summed E-state index contributed by atoms with van der Waals surface area (Å²) in [5.74, 6) is -1.76. The molecule has 0 atom stereocenters. The summed E-state index contributed by atoms with van der Waals surface area (Å²) in [6.45, 7) is 9.46. The molecule has 1 aromatic carbocycles. The van der Waals surface area contributed by atoms with Crippen molar-refractivity contribution in [2.24, 2.45) is 0 Å². The molecule has 1 aliphatic rings. The maximum absolute atomic E-state index is 12.8. The first-order valence-corrected chi connectivity index (χ1v) is 9.89. The van der Waals surface area contributed by atoms with Crippen molar-refractivity contribution in [3.63, 3.8) is 0 Å². The number of carbonyl (C=O) groups excluding carboxylic acids is 2. The van der Waals surface area contributed by atoms with E-state index in [4.69, 9.17) is 9.47 Å². The van der Waals surface area contributed by atoms with Gasteiger partial charge in [0.2, 0.25) is 0 Å². The van der Waals surface area contributed by atoms with Crippen LogP contribution in [-0.4, -0.2) is 40.1 Å². The van der Waals surface area contributed by atoms with Crippen molar-refractivity contribution in [1.29, 1.82) is 0 Å². The molecule has 1 N–H and O–H groups in total. The number of aromatic nitrogens is 3. The van der Waals surface area contributed by atoms with Gasteiger partial charge in [-0.15, -0.1) is 5.10 Å². The molecule has 0 aliphatic carbocycles. The van der Waals surface area contributed by atoms with Crippen LogP contribution in [0.1, 0.15) is 44.9 Å². The zero-order valence-corrected chi connectivity index (χ0v) is 17.9. The van der Waals surface area contributed by atoms with Gasteiger partial charge in [-0.3, -0.25) is 0 Å². The van der Waals surface area contributed by atoms with Gasteiger partial charge in [0.15, 0.2) is 0 Å². The summed E-state index contributed by atoms with van der Waals surface area (Å²) in [6.07, 6.45) is 1.72. The fourth-order valence-corrected chi connectivity index (χ4v) is 3.48. The van der Waals surface area contributed by atoms with Crippen LogP contribution in [0.2, 0.25) is 0 Å². The van der Waals surface area contributed by atoms with Gasteiger partial charge in [-0.1, -0.05) is 22.9 Å². The van der Waals surface area contributed by atoms with Crippen LogP contribution in [0.15, 0.2) is 53.0 Å². The van der Waals surface area contributed by atoms with Crippen molar-refractivity contribution in [2.45, 2.75) is 40.5 Å². The number of hydrogen-bond acceptors (Lipinski definition) is 7. The molecule has 0 saturated heterocycles. The molecule has 0 radical (unpaired) electrons. The fraction of sp³-hybridized carbons (Fsp3) is 0.364. The van der Waals surface area contributed by atoms with E-state index in [-0.39, 0.29) is 13.2 Å². The van der Waals surface area contributed by atoms with Gasteiger partial charge in [-0.25, -0.2) is 14.3 Å². The summed E-state index contributed by atoms with van der Waals surface area (Å²) in [5, 5.41) is 11.6. The maximum Gasteiger partial charge on any atom is 0.336 e. The van der Waals surface area contributed by atoms with E-state index >= 15 is 0 Å². The maximum atomic E-state index is 12.8. The van der Waals surface area contributed by atoms with E-state index in [2.05, 4.69) is 15.6 Å². The van der Waals surface area contributed by atoms with Gasteiger partial charge in [0.1, 0.15) is 0 Å². The lowest BCUT2D eigenvalue weighted by molar-refractivity contribution is -0.139. The minimum Gasteiger partial charge on any atom is -0.463 e. The third-order valence-corrected chi connectivity index (χ3v) is 4.86. The van der Waals surface area contributed by atoms with Gasteiger partial charge in [-0.2, -0.15) is 0 Å². The van der Waals surface area contributed by atoms with Crippen LogP contribution in [0, 0.1) is 6.92 Å². The predicted octanol–water partition coefficient (Wildman–Crippen LogP) is 2.94. The first-order chi connectivity index (χ1) is 14.4. The van der Waals surface area contributed by atoms with Crippen molar-refractivity contribution in [3.05, 3.63) is 64.3 Å². The first kappa shape index (κ1) is 21.3. The summed E-state index contributed by atoms with van der Waals surface area (Å²) in [5.41, 5.74) is 4.27. The predicted molar refractivity (Wildman–Crippen MR) is 111 cm³/mol. The quantitative estimate of drug-likeness (QED) is 0.732. The second kappa shape index (κ2) is 8.94. The molecule has 0 saturated carbocycles. The molecule has 0 unspecified atom stereocenters. The van der Waals surface area contributed by atoms with Gasteiger partial charge in [0, 0.05) is 11.4 Å². The highest BCUT2D eigenvalue weighted by atomic mass is 16.5. The number of esters is 2. The number of hydrogen-bond donors (Lipinski definition) is 1. The zero-order chi connectivity index (χ0) is 21.8. The average molecular weight is 410 g/mol. The fourth-order valence-electron chi connectivity index (χ4n) is 3.48. The number of rotatable bonds is 6. The van der Waals surface area contributed by atoms with Crippen LogP contribution < -0.4 is 5.32 Å². The highest BCUT2D eigenvalue weighted by Crippen LogP contribution is 2.38. The smallest absolute Gasteiger partial charge is 0.336 e.